The van der Waals surface area contributed by atoms with Crippen LogP contribution in [-0.2, 0) is 14.3 Å². The van der Waals surface area contributed by atoms with E-state index >= 15 is 0 Å². The Labute approximate surface area is 144 Å². The van der Waals surface area contributed by atoms with E-state index in [0.717, 1.165) is 36.0 Å². The summed E-state index contributed by atoms with van der Waals surface area (Å²) in [5, 5.41) is 2.95. The second kappa shape index (κ2) is 7.45. The average Bonchev–Trinajstić information content (AvgIpc) is 3.17. The van der Waals surface area contributed by atoms with Crippen LogP contribution in [0.25, 0.3) is 0 Å². The second-order valence-corrected chi connectivity index (χ2v) is 6.93. The summed E-state index contributed by atoms with van der Waals surface area (Å²) < 4.78 is 6.41. The van der Waals surface area contributed by atoms with E-state index in [9.17, 15) is 9.59 Å². The number of benzene rings is 1. The molecule has 3 rings (SSSR count). The molecule has 0 spiro atoms. The van der Waals surface area contributed by atoms with Crippen molar-refractivity contribution in [3.05, 3.63) is 28.7 Å². The number of carbonyl (C=O) groups is 2. The quantitative estimate of drug-likeness (QED) is 0.853. The molecule has 1 N–H and O–H groups in total. The first-order valence-corrected chi connectivity index (χ1v) is 8.88. The van der Waals surface area contributed by atoms with Gasteiger partial charge in [0.15, 0.2) is 0 Å². The molecule has 23 heavy (non-hydrogen) atoms. The van der Waals surface area contributed by atoms with Gasteiger partial charge < -0.3 is 15.0 Å². The van der Waals surface area contributed by atoms with Gasteiger partial charge in [-0.15, -0.1) is 0 Å². The third-order valence-corrected chi connectivity index (χ3v) is 5.10. The van der Waals surface area contributed by atoms with Crippen LogP contribution in [0.3, 0.4) is 0 Å². The highest BCUT2D eigenvalue weighted by Crippen LogP contribution is 2.31. The second-order valence-electron chi connectivity index (χ2n) is 6.07. The molecule has 2 fully saturated rings. The molecule has 1 aromatic carbocycles. The molecular weight excluding hydrogens is 360 g/mol. The van der Waals surface area contributed by atoms with Crippen molar-refractivity contribution >= 4 is 33.4 Å². The Morgan fingerprint density at radius 1 is 1.39 bits per heavy atom. The Balaban J connectivity index is 1.52. The van der Waals surface area contributed by atoms with E-state index in [4.69, 9.17) is 4.74 Å². The van der Waals surface area contributed by atoms with Crippen molar-refractivity contribution in [1.82, 2.24) is 5.32 Å². The Morgan fingerprint density at radius 3 is 2.96 bits per heavy atom. The predicted molar refractivity (Wildman–Crippen MR) is 91.2 cm³/mol. The molecule has 0 aliphatic carbocycles. The number of rotatable bonds is 5. The van der Waals surface area contributed by atoms with Crippen molar-refractivity contribution < 1.29 is 14.3 Å². The number of amides is 2. The van der Waals surface area contributed by atoms with Gasteiger partial charge in [-0.2, -0.15) is 0 Å². The van der Waals surface area contributed by atoms with Crippen LogP contribution in [0.1, 0.15) is 25.7 Å². The Kier molecular flexibility index (Phi) is 5.33. The first-order valence-electron chi connectivity index (χ1n) is 8.09. The van der Waals surface area contributed by atoms with Gasteiger partial charge in [0.2, 0.25) is 11.8 Å². The van der Waals surface area contributed by atoms with Crippen molar-refractivity contribution in [2.75, 3.05) is 24.6 Å². The first kappa shape index (κ1) is 16.5. The maximum absolute atomic E-state index is 12.3. The summed E-state index contributed by atoms with van der Waals surface area (Å²) >= 11 is 3.46. The Bertz CT molecular complexity index is 587. The number of carbonyl (C=O) groups excluding carboxylic acids is 2. The lowest BCUT2D eigenvalue weighted by molar-refractivity contribution is -0.126. The zero-order chi connectivity index (χ0) is 16.2. The van der Waals surface area contributed by atoms with Crippen LogP contribution in [0.4, 0.5) is 5.69 Å². The van der Waals surface area contributed by atoms with Crippen LogP contribution in [0.5, 0.6) is 0 Å². The number of ether oxygens (including phenoxy) is 1. The smallest absolute Gasteiger partial charge is 0.227 e. The summed E-state index contributed by atoms with van der Waals surface area (Å²) in [7, 11) is 0. The maximum atomic E-state index is 12.3. The molecule has 2 aliphatic rings. The highest BCUT2D eigenvalue weighted by molar-refractivity contribution is 9.10. The topological polar surface area (TPSA) is 58.6 Å². The van der Waals surface area contributed by atoms with Gasteiger partial charge in [-0.1, -0.05) is 12.1 Å². The van der Waals surface area contributed by atoms with Gasteiger partial charge in [0.05, 0.1) is 17.7 Å². The van der Waals surface area contributed by atoms with Gasteiger partial charge in [0.25, 0.3) is 0 Å². The van der Waals surface area contributed by atoms with E-state index in [1.54, 1.807) is 4.90 Å². The third-order valence-electron chi connectivity index (χ3n) is 4.43. The van der Waals surface area contributed by atoms with E-state index in [2.05, 4.69) is 21.2 Å². The minimum atomic E-state index is -0.279. The van der Waals surface area contributed by atoms with Gasteiger partial charge >= 0.3 is 0 Å². The molecule has 2 heterocycles. The molecule has 2 amide bonds. The number of halogens is 1. The van der Waals surface area contributed by atoms with E-state index in [0.29, 0.717) is 13.1 Å². The zero-order valence-electron chi connectivity index (χ0n) is 13.0. The molecule has 2 aliphatic heterocycles. The van der Waals surface area contributed by atoms with Crippen molar-refractivity contribution in [2.24, 2.45) is 5.92 Å². The molecule has 2 atom stereocenters. The lowest BCUT2D eigenvalue weighted by Crippen LogP contribution is -2.34. The number of hydrogen-bond acceptors (Lipinski definition) is 3. The summed E-state index contributed by atoms with van der Waals surface area (Å²) in [5.41, 5.74) is 0.826. The molecule has 1 aromatic rings. The van der Waals surface area contributed by atoms with Crippen LogP contribution >= 0.6 is 15.9 Å². The lowest BCUT2D eigenvalue weighted by atomic mass is 10.1. The van der Waals surface area contributed by atoms with Gasteiger partial charge in [-0.05, 0) is 47.3 Å². The lowest BCUT2D eigenvalue weighted by Gasteiger charge is -2.18. The number of nitrogens with one attached hydrogen (secondary N) is 1. The van der Waals surface area contributed by atoms with E-state index in [1.165, 1.54) is 0 Å². The molecule has 5 nitrogen and oxygen atoms in total. The molecule has 6 heteroatoms. The zero-order valence-corrected chi connectivity index (χ0v) is 14.5. The largest absolute Gasteiger partial charge is 0.378 e. The fraction of sp³-hybridized carbons (Fsp3) is 0.529. The Hall–Kier alpha value is -1.40. The van der Waals surface area contributed by atoms with Gasteiger partial charge in [0, 0.05) is 30.6 Å². The first-order chi connectivity index (χ1) is 11.1. The molecule has 2 saturated heterocycles. The molecule has 0 unspecified atom stereocenters. The SMILES string of the molecule is O=C(NCC[C@@H]1CCCO1)[C@@H]1CC(=O)N(c2ccccc2Br)C1. The monoisotopic (exact) mass is 380 g/mol. The minimum Gasteiger partial charge on any atom is -0.378 e. The van der Waals surface area contributed by atoms with Crippen molar-refractivity contribution in [3.8, 4) is 0 Å². The number of hydrogen-bond donors (Lipinski definition) is 1. The number of anilines is 1. The molecule has 0 aromatic heterocycles. The van der Waals surface area contributed by atoms with Gasteiger partial charge in [-0.3, -0.25) is 9.59 Å². The summed E-state index contributed by atoms with van der Waals surface area (Å²) in [6, 6.07) is 7.59. The van der Waals surface area contributed by atoms with Crippen molar-refractivity contribution in [3.63, 3.8) is 0 Å². The van der Waals surface area contributed by atoms with Crippen LogP contribution < -0.4 is 10.2 Å². The van der Waals surface area contributed by atoms with Crippen LogP contribution in [0.15, 0.2) is 28.7 Å². The number of nitrogens with zero attached hydrogens (tertiary/aromatic N) is 1. The predicted octanol–water partition coefficient (Wildman–Crippen LogP) is 2.49. The highest BCUT2D eigenvalue weighted by atomic mass is 79.9. The van der Waals surface area contributed by atoms with Gasteiger partial charge in [-0.25, -0.2) is 0 Å². The normalized spacial score (nSPS) is 24.2. The number of para-hydroxylation sites is 1. The summed E-state index contributed by atoms with van der Waals surface area (Å²) in [4.78, 5) is 26.2. The molecule has 0 bridgehead atoms. The molecular formula is C17H21BrN2O3. The van der Waals surface area contributed by atoms with Crippen molar-refractivity contribution in [1.29, 1.82) is 0 Å². The summed E-state index contributed by atoms with van der Waals surface area (Å²) in [5.74, 6) is -0.318. The van der Waals surface area contributed by atoms with Crippen LogP contribution in [0.2, 0.25) is 0 Å². The third kappa shape index (κ3) is 3.93. The standard InChI is InChI=1S/C17H21BrN2O3/c18-14-5-1-2-6-15(14)20-11-12(10-16(20)21)17(22)19-8-7-13-4-3-9-23-13/h1-2,5-6,12-13H,3-4,7-11H2,(H,19,22)/t12-,13+/m1/s1. The van der Waals surface area contributed by atoms with Gasteiger partial charge in [0.1, 0.15) is 0 Å². The average molecular weight is 381 g/mol. The van der Waals surface area contributed by atoms with E-state index in [1.807, 2.05) is 24.3 Å². The minimum absolute atomic E-state index is 0.00354. The van der Waals surface area contributed by atoms with E-state index < -0.39 is 0 Å². The summed E-state index contributed by atoms with van der Waals surface area (Å²) in [6.07, 6.45) is 3.58. The fourth-order valence-corrected chi connectivity index (χ4v) is 3.66. The maximum Gasteiger partial charge on any atom is 0.227 e. The van der Waals surface area contributed by atoms with Crippen LogP contribution in [-0.4, -0.2) is 37.6 Å². The summed E-state index contributed by atoms with van der Waals surface area (Å²) in [6.45, 7) is 1.88. The Morgan fingerprint density at radius 2 is 2.22 bits per heavy atom. The van der Waals surface area contributed by atoms with Crippen molar-refractivity contribution in [2.45, 2.75) is 31.8 Å². The molecule has 124 valence electrons. The van der Waals surface area contributed by atoms with E-state index in [-0.39, 0.29) is 30.3 Å². The molecule has 0 saturated carbocycles. The molecule has 0 radical (unpaired) electrons. The fourth-order valence-electron chi connectivity index (χ4n) is 3.16. The van der Waals surface area contributed by atoms with Crippen LogP contribution in [0, 0.1) is 5.92 Å². The highest BCUT2D eigenvalue weighted by Gasteiger charge is 2.35.